The Morgan fingerprint density at radius 2 is 2.10 bits per heavy atom. The molecule has 118 valence electrons. The third-order valence-corrected chi connectivity index (χ3v) is 3.57. The second kappa shape index (κ2) is 8.09. The molecule has 0 bridgehead atoms. The summed E-state index contributed by atoms with van der Waals surface area (Å²) in [5, 5.41) is 2.94. The van der Waals surface area contributed by atoms with Gasteiger partial charge in [0, 0.05) is 25.4 Å². The highest BCUT2D eigenvalue weighted by Crippen LogP contribution is 2.20. The van der Waals surface area contributed by atoms with E-state index in [0.717, 1.165) is 18.2 Å². The number of hydrogen-bond donors (Lipinski definition) is 2. The third-order valence-electron chi connectivity index (χ3n) is 2.85. The molecule has 0 radical (unpaired) electrons. The number of pyridine rings is 1. The second-order valence-corrected chi connectivity index (χ2v) is 7.29. The summed E-state index contributed by atoms with van der Waals surface area (Å²) in [6.07, 6.45) is 5.41. The van der Waals surface area contributed by atoms with Crippen LogP contribution in [0.4, 0.5) is 0 Å². The Hall–Kier alpha value is -1.47. The van der Waals surface area contributed by atoms with Crippen LogP contribution in [0.1, 0.15) is 38.3 Å². The highest BCUT2D eigenvalue weighted by atomic mass is 32.2. The molecule has 0 fully saturated rings. The van der Waals surface area contributed by atoms with Crippen LogP contribution in [0.15, 0.2) is 24.5 Å². The molecular weight excluding hydrogens is 290 g/mol. The van der Waals surface area contributed by atoms with Gasteiger partial charge in [0.25, 0.3) is 0 Å². The molecule has 0 spiro atoms. The van der Waals surface area contributed by atoms with Crippen LogP contribution in [0, 0.1) is 5.92 Å². The molecule has 6 nitrogen and oxygen atoms in total. The van der Waals surface area contributed by atoms with Crippen molar-refractivity contribution in [1.29, 1.82) is 0 Å². The van der Waals surface area contributed by atoms with E-state index >= 15 is 0 Å². The van der Waals surface area contributed by atoms with Crippen molar-refractivity contribution in [2.75, 3.05) is 12.8 Å². The van der Waals surface area contributed by atoms with Crippen LogP contribution in [0.2, 0.25) is 0 Å². The van der Waals surface area contributed by atoms with Gasteiger partial charge in [-0.1, -0.05) is 19.9 Å². The molecule has 21 heavy (non-hydrogen) atoms. The number of amides is 1. The summed E-state index contributed by atoms with van der Waals surface area (Å²) in [7, 11) is -3.26. The first kappa shape index (κ1) is 17.6. The lowest BCUT2D eigenvalue weighted by Gasteiger charge is -2.20. The van der Waals surface area contributed by atoms with Crippen molar-refractivity contribution >= 4 is 15.9 Å². The SMILES string of the molecule is CC(C)C[C@@H](NC(=O)CCNS(C)(=O)=O)c1cccnc1. The van der Waals surface area contributed by atoms with E-state index in [4.69, 9.17) is 0 Å². The van der Waals surface area contributed by atoms with E-state index in [0.29, 0.717) is 5.92 Å². The lowest BCUT2D eigenvalue weighted by atomic mass is 9.98. The molecule has 0 aliphatic heterocycles. The van der Waals surface area contributed by atoms with E-state index in [1.165, 1.54) is 0 Å². The van der Waals surface area contributed by atoms with Gasteiger partial charge in [-0.15, -0.1) is 0 Å². The summed E-state index contributed by atoms with van der Waals surface area (Å²) < 4.78 is 24.2. The number of nitrogens with one attached hydrogen (secondary N) is 2. The van der Waals surface area contributed by atoms with Crippen LogP contribution in [0.5, 0.6) is 0 Å². The van der Waals surface area contributed by atoms with Crippen molar-refractivity contribution in [3.63, 3.8) is 0 Å². The van der Waals surface area contributed by atoms with E-state index in [1.807, 2.05) is 12.1 Å². The number of aromatic nitrogens is 1. The molecule has 0 aromatic carbocycles. The molecule has 2 N–H and O–H groups in total. The molecule has 1 rings (SSSR count). The zero-order valence-corrected chi connectivity index (χ0v) is 13.5. The molecule has 0 aliphatic carbocycles. The summed E-state index contributed by atoms with van der Waals surface area (Å²) in [5.74, 6) is 0.241. The van der Waals surface area contributed by atoms with Crippen LogP contribution in [0.25, 0.3) is 0 Å². The van der Waals surface area contributed by atoms with Gasteiger partial charge in [-0.2, -0.15) is 0 Å². The highest BCUT2D eigenvalue weighted by molar-refractivity contribution is 7.88. The van der Waals surface area contributed by atoms with E-state index in [-0.39, 0.29) is 24.9 Å². The maximum Gasteiger partial charge on any atom is 0.221 e. The second-order valence-electron chi connectivity index (χ2n) is 5.45. The minimum atomic E-state index is -3.26. The van der Waals surface area contributed by atoms with E-state index in [9.17, 15) is 13.2 Å². The normalized spacial score (nSPS) is 13.1. The first-order valence-electron chi connectivity index (χ1n) is 6.92. The van der Waals surface area contributed by atoms with Crippen molar-refractivity contribution in [3.8, 4) is 0 Å². The fourth-order valence-electron chi connectivity index (χ4n) is 1.95. The molecule has 0 unspecified atom stereocenters. The van der Waals surface area contributed by atoms with Crippen molar-refractivity contribution < 1.29 is 13.2 Å². The average molecular weight is 313 g/mol. The Kier molecular flexibility index (Phi) is 6.77. The molecular formula is C14H23N3O3S. The van der Waals surface area contributed by atoms with Crippen LogP contribution >= 0.6 is 0 Å². The van der Waals surface area contributed by atoms with E-state index in [1.54, 1.807) is 12.4 Å². The van der Waals surface area contributed by atoms with Crippen LogP contribution < -0.4 is 10.0 Å². The van der Waals surface area contributed by atoms with Gasteiger partial charge >= 0.3 is 0 Å². The molecule has 1 amide bonds. The van der Waals surface area contributed by atoms with Gasteiger partial charge in [0.1, 0.15) is 0 Å². The summed E-state index contributed by atoms with van der Waals surface area (Å²) in [6, 6.07) is 3.65. The Balaban J connectivity index is 2.59. The number of sulfonamides is 1. The highest BCUT2D eigenvalue weighted by Gasteiger charge is 2.16. The standard InChI is InChI=1S/C14H23N3O3S/c1-11(2)9-13(12-5-4-7-15-10-12)17-14(18)6-8-16-21(3,19)20/h4-5,7,10-11,13,16H,6,8-9H2,1-3H3,(H,17,18)/t13-/m1/s1. The number of hydrogen-bond acceptors (Lipinski definition) is 4. The Morgan fingerprint density at radius 1 is 1.38 bits per heavy atom. The van der Waals surface area contributed by atoms with Crippen molar-refractivity contribution in [1.82, 2.24) is 15.0 Å². The molecule has 0 saturated heterocycles. The summed E-state index contributed by atoms with van der Waals surface area (Å²) >= 11 is 0. The average Bonchev–Trinajstić information content (AvgIpc) is 2.37. The Labute approximate surface area is 126 Å². The molecule has 0 saturated carbocycles. The zero-order valence-electron chi connectivity index (χ0n) is 12.7. The van der Waals surface area contributed by atoms with Gasteiger partial charge in [0.15, 0.2) is 0 Å². The monoisotopic (exact) mass is 313 g/mol. The predicted octanol–water partition coefficient (Wildman–Crippen LogP) is 1.22. The zero-order chi connectivity index (χ0) is 15.9. The van der Waals surface area contributed by atoms with Gasteiger partial charge in [0.2, 0.25) is 15.9 Å². The lowest BCUT2D eigenvalue weighted by molar-refractivity contribution is -0.121. The third kappa shape index (κ3) is 7.77. The van der Waals surface area contributed by atoms with Crippen LogP contribution in [-0.2, 0) is 14.8 Å². The molecule has 1 aromatic heterocycles. The minimum absolute atomic E-state index is 0.103. The first-order valence-corrected chi connectivity index (χ1v) is 8.81. The largest absolute Gasteiger partial charge is 0.349 e. The van der Waals surface area contributed by atoms with Crippen LogP contribution in [0.3, 0.4) is 0 Å². The summed E-state index contributed by atoms with van der Waals surface area (Å²) in [6.45, 7) is 4.27. The molecule has 1 atom stereocenters. The van der Waals surface area contributed by atoms with Crippen molar-refractivity contribution in [3.05, 3.63) is 30.1 Å². The first-order chi connectivity index (χ1) is 9.78. The number of carbonyl (C=O) groups is 1. The molecule has 0 aliphatic rings. The van der Waals surface area contributed by atoms with Gasteiger partial charge in [-0.05, 0) is 24.0 Å². The van der Waals surface area contributed by atoms with Crippen molar-refractivity contribution in [2.45, 2.75) is 32.7 Å². The lowest BCUT2D eigenvalue weighted by Crippen LogP contribution is -2.33. The number of nitrogens with zero attached hydrogens (tertiary/aromatic N) is 1. The Bertz CT molecular complexity index is 544. The minimum Gasteiger partial charge on any atom is -0.349 e. The number of carbonyl (C=O) groups excluding carboxylic acids is 1. The smallest absolute Gasteiger partial charge is 0.221 e. The Morgan fingerprint density at radius 3 is 2.62 bits per heavy atom. The molecule has 1 aromatic rings. The van der Waals surface area contributed by atoms with E-state index < -0.39 is 10.0 Å². The maximum atomic E-state index is 11.9. The quantitative estimate of drug-likeness (QED) is 0.755. The topological polar surface area (TPSA) is 88.2 Å². The van der Waals surface area contributed by atoms with Crippen LogP contribution in [-0.4, -0.2) is 32.1 Å². The fraction of sp³-hybridized carbons (Fsp3) is 0.571. The molecule has 1 heterocycles. The van der Waals surface area contributed by atoms with Crippen molar-refractivity contribution in [2.24, 2.45) is 5.92 Å². The summed E-state index contributed by atoms with van der Waals surface area (Å²) in [5.41, 5.74) is 0.954. The number of rotatable bonds is 8. The van der Waals surface area contributed by atoms with Gasteiger partial charge in [-0.3, -0.25) is 9.78 Å². The summed E-state index contributed by atoms with van der Waals surface area (Å²) in [4.78, 5) is 16.0. The predicted molar refractivity (Wildman–Crippen MR) is 82.0 cm³/mol. The van der Waals surface area contributed by atoms with Gasteiger partial charge in [0.05, 0.1) is 12.3 Å². The van der Waals surface area contributed by atoms with Gasteiger partial charge in [-0.25, -0.2) is 13.1 Å². The molecule has 7 heteroatoms. The van der Waals surface area contributed by atoms with Gasteiger partial charge < -0.3 is 5.32 Å². The van der Waals surface area contributed by atoms with E-state index in [2.05, 4.69) is 28.9 Å². The fourth-order valence-corrected chi connectivity index (χ4v) is 2.42. The maximum absolute atomic E-state index is 11.9.